The topological polar surface area (TPSA) is 56.2 Å². The molecule has 0 radical (unpaired) electrons. The molecule has 1 aromatic rings. The molecule has 1 N–H and O–H groups in total. The lowest BCUT2D eigenvalue weighted by atomic mass is 10.0. The number of rotatable bonds is 4. The maximum absolute atomic E-state index is 11.8. The first-order chi connectivity index (χ1) is 8.65. The first-order valence-corrected chi connectivity index (χ1v) is 6.50. The fraction of sp³-hybridized carbons (Fsp3) is 0.692. The first-order valence-electron chi connectivity index (χ1n) is 6.50. The van der Waals surface area contributed by atoms with Gasteiger partial charge in [-0.15, -0.1) is 0 Å². The molecule has 5 heteroatoms. The number of nitrogens with one attached hydrogen (secondary N) is 1. The fourth-order valence-corrected chi connectivity index (χ4v) is 2.24. The van der Waals surface area contributed by atoms with Crippen molar-refractivity contribution < 1.29 is 9.53 Å². The smallest absolute Gasteiger partial charge is 0.241 e. The lowest BCUT2D eigenvalue weighted by molar-refractivity contribution is -0.122. The minimum atomic E-state index is 0.0349. The fourth-order valence-electron chi connectivity index (χ4n) is 2.24. The molecule has 1 aliphatic rings. The van der Waals surface area contributed by atoms with Crippen LogP contribution in [0, 0.1) is 19.8 Å². The van der Waals surface area contributed by atoms with Gasteiger partial charge in [-0.2, -0.15) is 5.10 Å². The largest absolute Gasteiger partial charge is 0.381 e. The molecule has 1 aliphatic heterocycles. The molecule has 18 heavy (non-hydrogen) atoms. The van der Waals surface area contributed by atoms with Gasteiger partial charge in [-0.1, -0.05) is 0 Å². The minimum absolute atomic E-state index is 0.0349. The normalized spacial score (nSPS) is 16.8. The Morgan fingerprint density at radius 3 is 2.83 bits per heavy atom. The second kappa shape index (κ2) is 6.00. The number of ether oxygens (including phenoxy) is 1. The number of hydrogen-bond donors (Lipinski definition) is 1. The predicted octanol–water partition coefficient (Wildman–Crippen LogP) is 1.04. The van der Waals surface area contributed by atoms with Gasteiger partial charge in [0.1, 0.15) is 6.54 Å². The second-order valence-electron chi connectivity index (χ2n) is 4.94. The molecule has 0 bridgehead atoms. The maximum atomic E-state index is 11.8. The van der Waals surface area contributed by atoms with Crippen molar-refractivity contribution in [3.05, 3.63) is 17.5 Å². The van der Waals surface area contributed by atoms with Crippen LogP contribution < -0.4 is 5.32 Å². The zero-order chi connectivity index (χ0) is 13.0. The Balaban J connectivity index is 1.76. The van der Waals surface area contributed by atoms with Crippen molar-refractivity contribution in [3.8, 4) is 0 Å². The molecule has 0 saturated carbocycles. The average molecular weight is 251 g/mol. The van der Waals surface area contributed by atoms with Gasteiger partial charge in [0.05, 0.1) is 5.69 Å². The third-order valence-corrected chi connectivity index (χ3v) is 3.33. The van der Waals surface area contributed by atoms with E-state index in [4.69, 9.17) is 4.74 Å². The summed E-state index contributed by atoms with van der Waals surface area (Å²) in [5.41, 5.74) is 1.97. The molecule has 0 aliphatic carbocycles. The summed E-state index contributed by atoms with van der Waals surface area (Å²) in [6.45, 7) is 6.59. The highest BCUT2D eigenvalue weighted by Gasteiger charge is 2.15. The third kappa shape index (κ3) is 3.57. The molecule has 1 aromatic heterocycles. The molecule has 0 unspecified atom stereocenters. The lowest BCUT2D eigenvalue weighted by Gasteiger charge is -2.22. The SMILES string of the molecule is Cc1cc(C)n(CC(=O)NCC2CCOCC2)n1. The number of nitrogens with zero attached hydrogens (tertiary/aromatic N) is 2. The monoisotopic (exact) mass is 251 g/mol. The zero-order valence-corrected chi connectivity index (χ0v) is 11.1. The quantitative estimate of drug-likeness (QED) is 0.870. The molecule has 0 spiro atoms. The van der Waals surface area contributed by atoms with Gasteiger partial charge in [0, 0.05) is 25.5 Å². The van der Waals surface area contributed by atoms with E-state index in [2.05, 4.69) is 10.4 Å². The van der Waals surface area contributed by atoms with Crippen molar-refractivity contribution in [1.29, 1.82) is 0 Å². The van der Waals surface area contributed by atoms with Crippen molar-refractivity contribution in [2.75, 3.05) is 19.8 Å². The van der Waals surface area contributed by atoms with Gasteiger partial charge in [-0.05, 0) is 38.7 Å². The van der Waals surface area contributed by atoms with E-state index in [1.807, 2.05) is 19.9 Å². The molecular formula is C13H21N3O2. The number of amides is 1. The molecule has 100 valence electrons. The van der Waals surface area contributed by atoms with E-state index in [9.17, 15) is 4.79 Å². The molecule has 1 fully saturated rings. The minimum Gasteiger partial charge on any atom is -0.381 e. The van der Waals surface area contributed by atoms with Gasteiger partial charge in [0.25, 0.3) is 0 Å². The van der Waals surface area contributed by atoms with Gasteiger partial charge in [0.15, 0.2) is 0 Å². The molecule has 0 atom stereocenters. The van der Waals surface area contributed by atoms with E-state index in [0.29, 0.717) is 12.5 Å². The van der Waals surface area contributed by atoms with E-state index >= 15 is 0 Å². The van der Waals surface area contributed by atoms with Crippen LogP contribution in [0.25, 0.3) is 0 Å². The predicted molar refractivity (Wildman–Crippen MR) is 68.3 cm³/mol. The zero-order valence-electron chi connectivity index (χ0n) is 11.1. The summed E-state index contributed by atoms with van der Waals surface area (Å²) in [6.07, 6.45) is 2.08. The summed E-state index contributed by atoms with van der Waals surface area (Å²) in [6, 6.07) is 1.98. The average Bonchev–Trinajstić information content (AvgIpc) is 2.67. The van der Waals surface area contributed by atoms with E-state index < -0.39 is 0 Å². The Morgan fingerprint density at radius 1 is 1.50 bits per heavy atom. The van der Waals surface area contributed by atoms with Crippen molar-refractivity contribution >= 4 is 5.91 Å². The summed E-state index contributed by atoms with van der Waals surface area (Å²) in [5, 5.41) is 7.26. The van der Waals surface area contributed by atoms with Crippen LogP contribution in [0.3, 0.4) is 0 Å². The third-order valence-electron chi connectivity index (χ3n) is 3.33. The molecule has 1 saturated heterocycles. The van der Waals surface area contributed by atoms with Gasteiger partial charge in [-0.3, -0.25) is 9.48 Å². The molecule has 2 heterocycles. The Kier molecular flexibility index (Phi) is 4.36. The lowest BCUT2D eigenvalue weighted by Crippen LogP contribution is -2.34. The highest BCUT2D eigenvalue weighted by Crippen LogP contribution is 2.13. The van der Waals surface area contributed by atoms with Crippen molar-refractivity contribution in [3.63, 3.8) is 0 Å². The van der Waals surface area contributed by atoms with Gasteiger partial charge >= 0.3 is 0 Å². The summed E-state index contributed by atoms with van der Waals surface area (Å²) in [4.78, 5) is 11.8. The molecular weight excluding hydrogens is 230 g/mol. The highest BCUT2D eigenvalue weighted by atomic mass is 16.5. The van der Waals surface area contributed by atoms with E-state index in [-0.39, 0.29) is 5.91 Å². The molecule has 1 amide bonds. The maximum Gasteiger partial charge on any atom is 0.241 e. The van der Waals surface area contributed by atoms with E-state index in [1.54, 1.807) is 4.68 Å². The van der Waals surface area contributed by atoms with E-state index in [1.165, 1.54) is 0 Å². The molecule has 2 rings (SSSR count). The van der Waals surface area contributed by atoms with Crippen LogP contribution >= 0.6 is 0 Å². The van der Waals surface area contributed by atoms with Crippen LogP contribution in [0.5, 0.6) is 0 Å². The van der Waals surface area contributed by atoms with Crippen molar-refractivity contribution in [2.45, 2.75) is 33.2 Å². The van der Waals surface area contributed by atoms with Crippen LogP contribution in [0.4, 0.5) is 0 Å². The van der Waals surface area contributed by atoms with Crippen LogP contribution in [0.15, 0.2) is 6.07 Å². The van der Waals surface area contributed by atoms with Gasteiger partial charge < -0.3 is 10.1 Å². The Morgan fingerprint density at radius 2 is 2.22 bits per heavy atom. The van der Waals surface area contributed by atoms with Crippen molar-refractivity contribution in [2.24, 2.45) is 5.92 Å². The van der Waals surface area contributed by atoms with Crippen LogP contribution in [0.2, 0.25) is 0 Å². The Labute approximate surface area is 108 Å². The summed E-state index contributed by atoms with van der Waals surface area (Å²) < 4.78 is 7.04. The summed E-state index contributed by atoms with van der Waals surface area (Å²) in [7, 11) is 0. The molecule has 0 aromatic carbocycles. The highest BCUT2D eigenvalue weighted by molar-refractivity contribution is 5.75. The second-order valence-corrected chi connectivity index (χ2v) is 4.94. The molecule has 5 nitrogen and oxygen atoms in total. The number of carbonyl (C=O) groups excluding carboxylic acids is 1. The van der Waals surface area contributed by atoms with E-state index in [0.717, 1.165) is 44.0 Å². The van der Waals surface area contributed by atoms with Crippen molar-refractivity contribution in [1.82, 2.24) is 15.1 Å². The standard InChI is InChI=1S/C13H21N3O2/c1-10-7-11(2)16(15-10)9-13(17)14-8-12-3-5-18-6-4-12/h7,12H,3-6,8-9H2,1-2H3,(H,14,17). The summed E-state index contributed by atoms with van der Waals surface area (Å²) >= 11 is 0. The van der Waals surface area contributed by atoms with Crippen LogP contribution in [-0.2, 0) is 16.1 Å². The number of hydrogen-bond acceptors (Lipinski definition) is 3. The van der Waals surface area contributed by atoms with Crippen LogP contribution in [0.1, 0.15) is 24.2 Å². The Hall–Kier alpha value is -1.36. The number of aromatic nitrogens is 2. The number of carbonyl (C=O) groups is 1. The first kappa shape index (κ1) is 13.1. The van der Waals surface area contributed by atoms with Crippen LogP contribution in [-0.4, -0.2) is 35.4 Å². The number of aryl methyl sites for hydroxylation is 2. The Bertz CT molecular complexity index is 408. The summed E-state index contributed by atoms with van der Waals surface area (Å²) in [5.74, 6) is 0.593. The van der Waals surface area contributed by atoms with Gasteiger partial charge in [0.2, 0.25) is 5.91 Å². The van der Waals surface area contributed by atoms with Gasteiger partial charge in [-0.25, -0.2) is 0 Å².